The largest absolute Gasteiger partial charge is 0.573 e. The number of carbonyl (C=O) groups excluding carboxylic acids is 1. The number of hydrogen-bond acceptors (Lipinski definition) is 5. The number of benzene rings is 1. The van der Waals surface area contributed by atoms with E-state index in [9.17, 15) is 18.0 Å². The van der Waals surface area contributed by atoms with Crippen molar-refractivity contribution < 1.29 is 32.0 Å². The number of hydrogen-bond donors (Lipinski definition) is 0. The fraction of sp³-hybridized carbons (Fsp3) is 0.375. The molecule has 0 spiro atoms. The van der Waals surface area contributed by atoms with E-state index >= 15 is 0 Å². The van der Waals surface area contributed by atoms with Gasteiger partial charge in [0.05, 0.1) is 5.69 Å². The van der Waals surface area contributed by atoms with E-state index in [0.29, 0.717) is 17.9 Å². The molecule has 128 valence electrons. The summed E-state index contributed by atoms with van der Waals surface area (Å²) in [6.45, 7) is 1.80. The van der Waals surface area contributed by atoms with E-state index in [0.717, 1.165) is 18.9 Å². The predicted molar refractivity (Wildman–Crippen MR) is 75.9 cm³/mol. The third-order valence-electron chi connectivity index (χ3n) is 3.55. The first-order valence-corrected chi connectivity index (χ1v) is 7.44. The highest BCUT2D eigenvalue weighted by Gasteiger charge is 2.36. The van der Waals surface area contributed by atoms with Gasteiger partial charge in [0.15, 0.2) is 17.3 Å². The monoisotopic (exact) mass is 341 g/mol. The molecule has 24 heavy (non-hydrogen) atoms. The fourth-order valence-corrected chi connectivity index (χ4v) is 2.32. The van der Waals surface area contributed by atoms with E-state index < -0.39 is 18.1 Å². The Morgan fingerprint density at radius 2 is 1.96 bits per heavy atom. The van der Waals surface area contributed by atoms with E-state index in [-0.39, 0.29) is 17.2 Å². The number of esters is 1. The summed E-state index contributed by atoms with van der Waals surface area (Å²) in [6, 6.07) is 5.11. The molecule has 1 saturated carbocycles. The molecular formula is C16H14F3NO4. The van der Waals surface area contributed by atoms with Gasteiger partial charge in [0.1, 0.15) is 5.56 Å². The van der Waals surface area contributed by atoms with Crippen LogP contribution in [0.1, 0.15) is 47.5 Å². The smallest absolute Gasteiger partial charge is 0.419 e. The van der Waals surface area contributed by atoms with Crippen molar-refractivity contribution in [2.75, 3.05) is 0 Å². The quantitative estimate of drug-likeness (QED) is 0.601. The van der Waals surface area contributed by atoms with Crippen LogP contribution in [0.15, 0.2) is 28.8 Å². The first-order chi connectivity index (χ1) is 11.4. The van der Waals surface area contributed by atoms with Gasteiger partial charge in [-0.1, -0.05) is 24.2 Å². The Labute approximate surface area is 135 Å². The lowest BCUT2D eigenvalue weighted by molar-refractivity contribution is -0.275. The van der Waals surface area contributed by atoms with E-state index in [2.05, 4.69) is 9.89 Å². The second-order valence-corrected chi connectivity index (χ2v) is 5.38. The Kier molecular flexibility index (Phi) is 4.21. The Balaban J connectivity index is 1.87. The van der Waals surface area contributed by atoms with Crippen molar-refractivity contribution in [1.82, 2.24) is 5.16 Å². The van der Waals surface area contributed by atoms with Gasteiger partial charge in [0.25, 0.3) is 0 Å². The highest BCUT2D eigenvalue weighted by atomic mass is 19.4. The van der Waals surface area contributed by atoms with Crippen LogP contribution in [-0.2, 0) is 6.42 Å². The first-order valence-electron chi connectivity index (χ1n) is 7.44. The number of aromatic nitrogens is 1. The molecule has 5 nitrogen and oxygen atoms in total. The Bertz CT molecular complexity index is 750. The van der Waals surface area contributed by atoms with Crippen LogP contribution in [0.4, 0.5) is 13.2 Å². The number of halogens is 3. The molecule has 1 heterocycles. The van der Waals surface area contributed by atoms with Crippen LogP contribution in [0.3, 0.4) is 0 Å². The lowest BCUT2D eigenvalue weighted by atomic mass is 10.1. The van der Waals surface area contributed by atoms with Crippen LogP contribution in [0.25, 0.3) is 0 Å². The summed E-state index contributed by atoms with van der Waals surface area (Å²) in [6.07, 6.45) is -2.67. The Morgan fingerprint density at radius 1 is 1.29 bits per heavy atom. The number of ether oxygens (including phenoxy) is 2. The normalized spacial score (nSPS) is 14.5. The van der Waals surface area contributed by atoms with Crippen molar-refractivity contribution in [3.63, 3.8) is 0 Å². The van der Waals surface area contributed by atoms with Gasteiger partial charge in [-0.25, -0.2) is 4.79 Å². The molecule has 0 aliphatic heterocycles. The first kappa shape index (κ1) is 16.4. The Morgan fingerprint density at radius 3 is 2.54 bits per heavy atom. The standard InChI is InChI=1S/C16H14F3NO4/c1-2-10-13(14(24-20-10)9-7-8-9)15(21)22-11-5-3-4-6-12(11)23-16(17,18)19/h3-6,9H,2,7-8H2,1H3. The van der Waals surface area contributed by atoms with Crippen LogP contribution in [0.2, 0.25) is 0 Å². The van der Waals surface area contributed by atoms with Crippen LogP contribution in [0, 0.1) is 0 Å². The second-order valence-electron chi connectivity index (χ2n) is 5.38. The fourth-order valence-electron chi connectivity index (χ4n) is 2.32. The number of rotatable bonds is 5. The van der Waals surface area contributed by atoms with Crippen LogP contribution in [-0.4, -0.2) is 17.5 Å². The van der Waals surface area contributed by atoms with Gasteiger partial charge in [0.2, 0.25) is 0 Å². The molecule has 1 fully saturated rings. The molecule has 0 bridgehead atoms. The molecule has 0 radical (unpaired) electrons. The van der Waals surface area contributed by atoms with Crippen molar-refractivity contribution >= 4 is 5.97 Å². The van der Waals surface area contributed by atoms with E-state index in [1.165, 1.54) is 18.2 Å². The maximum absolute atomic E-state index is 12.5. The van der Waals surface area contributed by atoms with Crippen molar-refractivity contribution in [3.8, 4) is 11.5 Å². The zero-order valence-electron chi connectivity index (χ0n) is 12.7. The minimum Gasteiger partial charge on any atom is -0.419 e. The zero-order valence-corrected chi connectivity index (χ0v) is 12.7. The summed E-state index contributed by atoms with van der Waals surface area (Å²) in [5.41, 5.74) is 0.623. The maximum atomic E-state index is 12.5. The minimum absolute atomic E-state index is 0.113. The van der Waals surface area contributed by atoms with E-state index in [1.807, 2.05) is 0 Å². The molecule has 0 N–H and O–H groups in total. The average Bonchev–Trinajstić information content (AvgIpc) is 3.26. The van der Waals surface area contributed by atoms with Gasteiger partial charge in [-0.3, -0.25) is 0 Å². The summed E-state index contributed by atoms with van der Waals surface area (Å²) in [4.78, 5) is 12.5. The molecule has 1 aromatic carbocycles. The van der Waals surface area contributed by atoms with E-state index in [1.54, 1.807) is 6.92 Å². The highest BCUT2D eigenvalue weighted by molar-refractivity contribution is 5.93. The zero-order chi connectivity index (χ0) is 17.3. The van der Waals surface area contributed by atoms with Crippen LogP contribution < -0.4 is 9.47 Å². The highest BCUT2D eigenvalue weighted by Crippen LogP contribution is 2.43. The summed E-state index contributed by atoms with van der Waals surface area (Å²) in [7, 11) is 0. The van der Waals surface area contributed by atoms with Crippen molar-refractivity contribution in [1.29, 1.82) is 0 Å². The number of nitrogens with zero attached hydrogens (tertiary/aromatic N) is 1. The number of para-hydroxylation sites is 2. The van der Waals surface area contributed by atoms with E-state index in [4.69, 9.17) is 9.26 Å². The molecule has 0 amide bonds. The Hall–Kier alpha value is -2.51. The molecule has 0 unspecified atom stereocenters. The summed E-state index contributed by atoms with van der Waals surface area (Å²) in [5, 5.41) is 3.85. The van der Waals surface area contributed by atoms with Gasteiger partial charge in [-0.05, 0) is 31.4 Å². The predicted octanol–water partition coefficient (Wildman–Crippen LogP) is 4.23. The average molecular weight is 341 g/mol. The number of alkyl halides is 3. The van der Waals surface area contributed by atoms with Crippen LogP contribution in [0.5, 0.6) is 11.5 Å². The molecule has 2 aromatic rings. The third-order valence-corrected chi connectivity index (χ3v) is 3.55. The molecule has 8 heteroatoms. The number of carbonyl (C=O) groups is 1. The third kappa shape index (κ3) is 3.52. The van der Waals surface area contributed by atoms with Gasteiger partial charge >= 0.3 is 12.3 Å². The SMILES string of the molecule is CCc1noc(C2CC2)c1C(=O)Oc1ccccc1OC(F)(F)F. The minimum atomic E-state index is -4.88. The molecule has 1 aliphatic rings. The lowest BCUT2D eigenvalue weighted by Crippen LogP contribution is -2.19. The van der Waals surface area contributed by atoms with Gasteiger partial charge in [-0.15, -0.1) is 13.2 Å². The molecule has 0 atom stereocenters. The van der Waals surface area contributed by atoms with Gasteiger partial charge < -0.3 is 14.0 Å². The molecule has 3 rings (SSSR count). The van der Waals surface area contributed by atoms with Crippen molar-refractivity contribution in [2.45, 2.75) is 38.5 Å². The molecular weight excluding hydrogens is 327 g/mol. The second kappa shape index (κ2) is 6.18. The summed E-state index contributed by atoms with van der Waals surface area (Å²) < 4.78 is 51.6. The van der Waals surface area contributed by atoms with Gasteiger partial charge in [-0.2, -0.15) is 0 Å². The maximum Gasteiger partial charge on any atom is 0.573 e. The van der Waals surface area contributed by atoms with Crippen molar-refractivity contribution in [3.05, 3.63) is 41.3 Å². The lowest BCUT2D eigenvalue weighted by Gasteiger charge is -2.13. The summed E-state index contributed by atoms with van der Waals surface area (Å²) in [5.74, 6) is -1.15. The number of aryl methyl sites for hydroxylation is 1. The molecule has 1 aromatic heterocycles. The topological polar surface area (TPSA) is 61.6 Å². The molecule has 0 saturated heterocycles. The van der Waals surface area contributed by atoms with Gasteiger partial charge in [0, 0.05) is 5.92 Å². The van der Waals surface area contributed by atoms with Crippen molar-refractivity contribution in [2.24, 2.45) is 0 Å². The summed E-state index contributed by atoms with van der Waals surface area (Å²) >= 11 is 0. The van der Waals surface area contributed by atoms with Crippen LogP contribution >= 0.6 is 0 Å². The molecule has 1 aliphatic carbocycles.